The quantitative estimate of drug-likeness (QED) is 0.591. The highest BCUT2D eigenvalue weighted by Crippen LogP contribution is 2.22. The van der Waals surface area contributed by atoms with Gasteiger partial charge in [0.1, 0.15) is 16.5 Å². The van der Waals surface area contributed by atoms with Crippen LogP contribution in [0.15, 0.2) is 47.4 Å². The van der Waals surface area contributed by atoms with Gasteiger partial charge in [0.05, 0.1) is 0 Å². The molecule has 2 rings (SSSR count). The first-order valence-electron chi connectivity index (χ1n) is 9.19. The Bertz CT molecular complexity index is 978. The van der Waals surface area contributed by atoms with Crippen LogP contribution in [0, 0.1) is 5.82 Å². The summed E-state index contributed by atoms with van der Waals surface area (Å²) in [5.74, 6) is -1.46. The number of ether oxygens (including phenoxy) is 1. The summed E-state index contributed by atoms with van der Waals surface area (Å²) in [6, 6.07) is 8.97. The average Bonchev–Trinajstić information content (AvgIpc) is 2.69. The van der Waals surface area contributed by atoms with Crippen LogP contribution < -0.4 is 4.74 Å². The molecule has 0 aliphatic rings. The largest absolute Gasteiger partial charge is 0.435 e. The predicted octanol–water partition coefficient (Wildman–Crippen LogP) is 3.73. The standard InChI is InChI=1S/C20H23F3N2O4S/c1-4-25(5-2)30(27,28)18-12-15(8-11-17(18)21)19(26)24(3)13-14-6-9-16(10-7-14)29-20(22)23/h6-12,20H,4-5,13H2,1-3H3. The maximum absolute atomic E-state index is 14.2. The molecule has 0 unspecified atom stereocenters. The van der Waals surface area contributed by atoms with Gasteiger partial charge in [0.2, 0.25) is 10.0 Å². The fourth-order valence-electron chi connectivity index (χ4n) is 2.88. The van der Waals surface area contributed by atoms with Gasteiger partial charge >= 0.3 is 6.61 Å². The number of benzene rings is 2. The molecule has 0 radical (unpaired) electrons. The highest BCUT2D eigenvalue weighted by molar-refractivity contribution is 7.89. The Balaban J connectivity index is 2.22. The summed E-state index contributed by atoms with van der Waals surface area (Å²) in [6.07, 6.45) is 0. The van der Waals surface area contributed by atoms with Crippen molar-refractivity contribution in [3.63, 3.8) is 0 Å². The number of carbonyl (C=O) groups is 1. The van der Waals surface area contributed by atoms with Gasteiger partial charge in [-0.15, -0.1) is 0 Å². The lowest BCUT2D eigenvalue weighted by atomic mass is 10.1. The molecular weight excluding hydrogens is 421 g/mol. The molecule has 0 aromatic heterocycles. The van der Waals surface area contributed by atoms with Gasteiger partial charge in [-0.25, -0.2) is 12.8 Å². The zero-order valence-corrected chi connectivity index (χ0v) is 17.6. The van der Waals surface area contributed by atoms with E-state index in [4.69, 9.17) is 0 Å². The Morgan fingerprint density at radius 2 is 1.67 bits per heavy atom. The second-order valence-corrected chi connectivity index (χ2v) is 8.32. The lowest BCUT2D eigenvalue weighted by Crippen LogP contribution is -2.32. The first kappa shape index (κ1) is 23.7. The van der Waals surface area contributed by atoms with Crippen molar-refractivity contribution >= 4 is 15.9 Å². The number of amides is 1. The summed E-state index contributed by atoms with van der Waals surface area (Å²) < 4.78 is 69.4. The van der Waals surface area contributed by atoms with E-state index in [1.165, 1.54) is 42.3 Å². The molecule has 0 atom stereocenters. The molecule has 0 saturated carbocycles. The van der Waals surface area contributed by atoms with E-state index >= 15 is 0 Å². The van der Waals surface area contributed by atoms with Crippen molar-refractivity contribution in [2.75, 3.05) is 20.1 Å². The minimum Gasteiger partial charge on any atom is -0.435 e. The third-order valence-corrected chi connectivity index (χ3v) is 6.48. The first-order chi connectivity index (χ1) is 14.1. The maximum Gasteiger partial charge on any atom is 0.387 e. The van der Waals surface area contributed by atoms with Crippen molar-refractivity contribution in [3.05, 3.63) is 59.4 Å². The van der Waals surface area contributed by atoms with Gasteiger partial charge in [0.15, 0.2) is 0 Å². The van der Waals surface area contributed by atoms with E-state index in [9.17, 15) is 26.4 Å². The lowest BCUT2D eigenvalue weighted by molar-refractivity contribution is -0.0498. The van der Waals surface area contributed by atoms with Crippen LogP contribution in [0.2, 0.25) is 0 Å². The highest BCUT2D eigenvalue weighted by Gasteiger charge is 2.27. The number of carbonyl (C=O) groups excluding carboxylic acids is 1. The summed E-state index contributed by atoms with van der Waals surface area (Å²) in [5.41, 5.74) is 0.660. The maximum atomic E-state index is 14.2. The molecular formula is C20H23F3N2O4S. The summed E-state index contributed by atoms with van der Waals surface area (Å²) in [4.78, 5) is 13.5. The molecule has 30 heavy (non-hydrogen) atoms. The van der Waals surface area contributed by atoms with E-state index in [-0.39, 0.29) is 30.9 Å². The minimum atomic E-state index is -4.07. The van der Waals surface area contributed by atoms with Crippen molar-refractivity contribution in [3.8, 4) is 5.75 Å². The van der Waals surface area contributed by atoms with E-state index in [1.807, 2.05) is 0 Å². The summed E-state index contributed by atoms with van der Waals surface area (Å²) in [5, 5.41) is 0. The number of alkyl halides is 2. The Kier molecular flexibility index (Phi) is 7.85. The molecule has 0 spiro atoms. The number of sulfonamides is 1. The van der Waals surface area contributed by atoms with E-state index < -0.39 is 33.3 Å². The average molecular weight is 444 g/mol. The molecule has 10 heteroatoms. The molecule has 164 valence electrons. The molecule has 0 aliphatic heterocycles. The van der Waals surface area contributed by atoms with Gasteiger partial charge < -0.3 is 9.64 Å². The molecule has 0 N–H and O–H groups in total. The topological polar surface area (TPSA) is 66.9 Å². The monoisotopic (exact) mass is 444 g/mol. The number of nitrogens with zero attached hydrogens (tertiary/aromatic N) is 2. The van der Waals surface area contributed by atoms with Crippen LogP contribution in [0.5, 0.6) is 5.75 Å². The van der Waals surface area contributed by atoms with Crippen molar-refractivity contribution in [1.82, 2.24) is 9.21 Å². The molecule has 2 aromatic carbocycles. The highest BCUT2D eigenvalue weighted by atomic mass is 32.2. The lowest BCUT2D eigenvalue weighted by Gasteiger charge is -2.21. The SMILES string of the molecule is CCN(CC)S(=O)(=O)c1cc(C(=O)N(C)Cc2ccc(OC(F)F)cc2)ccc1F. The molecule has 1 amide bonds. The smallest absolute Gasteiger partial charge is 0.387 e. The van der Waals surface area contributed by atoms with Crippen molar-refractivity contribution in [2.24, 2.45) is 0 Å². The third kappa shape index (κ3) is 5.51. The van der Waals surface area contributed by atoms with Gasteiger partial charge in [-0.05, 0) is 35.9 Å². The van der Waals surface area contributed by atoms with Crippen LogP contribution in [0.1, 0.15) is 29.8 Å². The van der Waals surface area contributed by atoms with Crippen LogP contribution in [-0.2, 0) is 16.6 Å². The van der Waals surface area contributed by atoms with Crippen LogP contribution >= 0.6 is 0 Å². The number of hydrogen-bond donors (Lipinski definition) is 0. The molecule has 6 nitrogen and oxygen atoms in total. The fourth-order valence-corrected chi connectivity index (χ4v) is 4.43. The summed E-state index contributed by atoms with van der Waals surface area (Å²) >= 11 is 0. The molecule has 0 fully saturated rings. The van der Waals surface area contributed by atoms with Gasteiger partial charge in [-0.2, -0.15) is 13.1 Å². The van der Waals surface area contributed by atoms with E-state index in [0.29, 0.717) is 5.56 Å². The van der Waals surface area contributed by atoms with Gasteiger partial charge in [-0.3, -0.25) is 4.79 Å². The molecule has 0 bridgehead atoms. The second-order valence-electron chi connectivity index (χ2n) is 6.42. The Morgan fingerprint density at radius 1 is 1.07 bits per heavy atom. The molecule has 0 saturated heterocycles. The van der Waals surface area contributed by atoms with Crippen LogP contribution in [-0.4, -0.2) is 50.3 Å². The number of halogens is 3. The normalized spacial score (nSPS) is 11.7. The Labute approximate surface area is 173 Å². The fraction of sp³-hybridized carbons (Fsp3) is 0.350. The first-order valence-corrected chi connectivity index (χ1v) is 10.6. The van der Waals surface area contributed by atoms with Crippen molar-refractivity contribution in [1.29, 1.82) is 0 Å². The zero-order chi connectivity index (χ0) is 22.5. The minimum absolute atomic E-state index is 0.00693. The Morgan fingerprint density at radius 3 is 2.20 bits per heavy atom. The number of rotatable bonds is 9. The third-order valence-electron chi connectivity index (χ3n) is 4.42. The summed E-state index contributed by atoms with van der Waals surface area (Å²) in [6.45, 7) is 0.811. The van der Waals surface area contributed by atoms with E-state index in [0.717, 1.165) is 16.4 Å². The zero-order valence-electron chi connectivity index (χ0n) is 16.8. The van der Waals surface area contributed by atoms with Gasteiger partial charge in [-0.1, -0.05) is 26.0 Å². The van der Waals surface area contributed by atoms with E-state index in [1.54, 1.807) is 13.8 Å². The second kappa shape index (κ2) is 9.94. The van der Waals surface area contributed by atoms with Gasteiger partial charge in [0, 0.05) is 32.2 Å². The van der Waals surface area contributed by atoms with Crippen molar-refractivity contribution in [2.45, 2.75) is 31.9 Å². The molecule has 0 heterocycles. The predicted molar refractivity (Wildman–Crippen MR) is 105 cm³/mol. The van der Waals surface area contributed by atoms with Gasteiger partial charge in [0.25, 0.3) is 5.91 Å². The molecule has 0 aliphatic carbocycles. The Hall–Kier alpha value is -2.59. The molecule has 2 aromatic rings. The van der Waals surface area contributed by atoms with E-state index in [2.05, 4.69) is 4.74 Å². The van der Waals surface area contributed by atoms with Crippen LogP contribution in [0.4, 0.5) is 13.2 Å². The van der Waals surface area contributed by atoms with Crippen LogP contribution in [0.25, 0.3) is 0 Å². The summed E-state index contributed by atoms with van der Waals surface area (Å²) in [7, 11) is -2.58. The van der Waals surface area contributed by atoms with Crippen LogP contribution in [0.3, 0.4) is 0 Å². The van der Waals surface area contributed by atoms with Crippen molar-refractivity contribution < 1.29 is 31.1 Å². The number of hydrogen-bond acceptors (Lipinski definition) is 4.